The second kappa shape index (κ2) is 6.41. The highest BCUT2D eigenvalue weighted by molar-refractivity contribution is 5.97. The van der Waals surface area contributed by atoms with Gasteiger partial charge in [0.15, 0.2) is 11.4 Å². The molecule has 1 atom stereocenters. The molecule has 0 radical (unpaired) electrons. The predicted octanol–water partition coefficient (Wildman–Crippen LogP) is 1.94. The number of hydrogen-bond donors (Lipinski definition) is 2. The predicted molar refractivity (Wildman–Crippen MR) is 81.7 cm³/mol. The number of carbonyl (C=O) groups is 1. The molecule has 0 saturated carbocycles. The maximum atomic E-state index is 12.1. The van der Waals surface area contributed by atoms with Crippen LogP contribution in [0.4, 0.5) is 5.88 Å². The van der Waals surface area contributed by atoms with Gasteiger partial charge in [-0.3, -0.25) is 14.9 Å². The minimum atomic E-state index is -1.76. The van der Waals surface area contributed by atoms with E-state index in [1.807, 2.05) is 0 Å². The van der Waals surface area contributed by atoms with Crippen molar-refractivity contribution in [3.05, 3.63) is 63.9 Å². The molecule has 2 N–H and O–H groups in total. The number of furan rings is 1. The third kappa shape index (κ3) is 3.61. The van der Waals surface area contributed by atoms with E-state index in [1.165, 1.54) is 26.0 Å². The fourth-order valence-electron chi connectivity index (χ4n) is 1.81. The summed E-state index contributed by atoms with van der Waals surface area (Å²) < 4.78 is 4.97. The number of benzene rings is 1. The largest absolute Gasteiger partial charge is 0.433 e. The van der Waals surface area contributed by atoms with Crippen LogP contribution < -0.4 is 5.43 Å². The number of nitrogens with one attached hydrogen (secondary N) is 1. The van der Waals surface area contributed by atoms with Crippen molar-refractivity contribution in [1.29, 1.82) is 0 Å². The average molecular weight is 317 g/mol. The van der Waals surface area contributed by atoms with Crippen molar-refractivity contribution >= 4 is 17.5 Å². The van der Waals surface area contributed by atoms with Crippen molar-refractivity contribution in [2.24, 2.45) is 5.10 Å². The molecule has 0 unspecified atom stereocenters. The first kappa shape index (κ1) is 16.4. The third-order valence-electron chi connectivity index (χ3n) is 3.23. The lowest BCUT2D eigenvalue weighted by atomic mass is 9.95. The van der Waals surface area contributed by atoms with E-state index in [4.69, 9.17) is 4.42 Å². The molecule has 1 aromatic carbocycles. The zero-order valence-corrected chi connectivity index (χ0v) is 12.5. The molecule has 0 spiro atoms. The van der Waals surface area contributed by atoms with E-state index in [0.29, 0.717) is 5.56 Å². The minimum Gasteiger partial charge on any atom is -0.399 e. The van der Waals surface area contributed by atoms with E-state index in [0.717, 1.165) is 0 Å². The first-order valence-corrected chi connectivity index (χ1v) is 6.69. The number of hydrogen-bond acceptors (Lipinski definition) is 6. The molecule has 8 heteroatoms. The Hall–Kier alpha value is -3.00. The Balaban J connectivity index is 2.11. The molecular weight excluding hydrogens is 302 g/mol. The van der Waals surface area contributed by atoms with Gasteiger partial charge in [-0.1, -0.05) is 30.3 Å². The Morgan fingerprint density at radius 3 is 2.52 bits per heavy atom. The summed E-state index contributed by atoms with van der Waals surface area (Å²) in [7, 11) is 0. The van der Waals surface area contributed by atoms with E-state index in [9.17, 15) is 20.0 Å². The number of rotatable bonds is 5. The van der Waals surface area contributed by atoms with Gasteiger partial charge in [0.25, 0.3) is 5.91 Å². The number of nitrogens with zero attached hydrogens (tertiary/aromatic N) is 2. The van der Waals surface area contributed by atoms with Crippen LogP contribution >= 0.6 is 0 Å². The molecule has 2 rings (SSSR count). The molecule has 0 aliphatic heterocycles. The molecule has 0 aliphatic carbocycles. The first-order chi connectivity index (χ1) is 10.8. The van der Waals surface area contributed by atoms with Gasteiger partial charge in [0.2, 0.25) is 0 Å². The van der Waals surface area contributed by atoms with E-state index < -0.39 is 22.3 Å². The fourth-order valence-corrected chi connectivity index (χ4v) is 1.81. The zero-order valence-electron chi connectivity index (χ0n) is 12.5. The van der Waals surface area contributed by atoms with Crippen LogP contribution in [0, 0.1) is 10.1 Å². The van der Waals surface area contributed by atoms with Crippen LogP contribution in [-0.2, 0) is 10.4 Å². The zero-order chi connectivity index (χ0) is 17.0. The summed E-state index contributed by atoms with van der Waals surface area (Å²) in [6, 6.07) is 11.0. The molecule has 8 nitrogen and oxygen atoms in total. The van der Waals surface area contributed by atoms with Crippen LogP contribution in [0.25, 0.3) is 0 Å². The maximum absolute atomic E-state index is 12.1. The van der Waals surface area contributed by atoms with Crippen molar-refractivity contribution < 1.29 is 19.2 Å². The van der Waals surface area contributed by atoms with Gasteiger partial charge in [-0.05, 0) is 25.5 Å². The molecule has 2 aromatic rings. The normalized spacial score (nSPS) is 14.1. The summed E-state index contributed by atoms with van der Waals surface area (Å²) in [5.41, 5.74) is 1.11. The summed E-state index contributed by atoms with van der Waals surface area (Å²) in [6.45, 7) is 2.86. The molecule has 1 heterocycles. The molecule has 0 fully saturated rings. The number of nitro groups is 1. The molecule has 1 amide bonds. The Kier molecular flexibility index (Phi) is 4.56. The highest BCUT2D eigenvalue weighted by atomic mass is 16.6. The molecule has 0 bridgehead atoms. The SMILES string of the molecule is C/C(=N\NC(=O)[C@@](C)(O)c1ccccc1)c1ccc([N+](=O)[O-])o1. The Morgan fingerprint density at radius 1 is 1.30 bits per heavy atom. The van der Waals surface area contributed by atoms with Gasteiger partial charge >= 0.3 is 5.88 Å². The van der Waals surface area contributed by atoms with Gasteiger partial charge in [0, 0.05) is 0 Å². The van der Waals surface area contributed by atoms with Crippen LogP contribution in [0.15, 0.2) is 52.0 Å². The lowest BCUT2D eigenvalue weighted by molar-refractivity contribution is -0.402. The van der Waals surface area contributed by atoms with Gasteiger partial charge in [-0.2, -0.15) is 5.10 Å². The van der Waals surface area contributed by atoms with Crippen molar-refractivity contribution in [1.82, 2.24) is 5.43 Å². The van der Waals surface area contributed by atoms with Crippen molar-refractivity contribution in [3.63, 3.8) is 0 Å². The van der Waals surface area contributed by atoms with Crippen molar-refractivity contribution in [3.8, 4) is 0 Å². The van der Waals surface area contributed by atoms with E-state index >= 15 is 0 Å². The third-order valence-corrected chi connectivity index (χ3v) is 3.23. The number of amides is 1. The summed E-state index contributed by atoms with van der Waals surface area (Å²) in [5, 5.41) is 24.7. The smallest absolute Gasteiger partial charge is 0.399 e. The topological polar surface area (TPSA) is 118 Å². The van der Waals surface area contributed by atoms with Gasteiger partial charge < -0.3 is 9.52 Å². The number of aliphatic hydroxyl groups is 1. The van der Waals surface area contributed by atoms with E-state index in [2.05, 4.69) is 10.5 Å². The molecule has 0 saturated heterocycles. The summed E-state index contributed by atoms with van der Waals surface area (Å²) in [5.74, 6) is -1.00. The summed E-state index contributed by atoms with van der Waals surface area (Å²) in [4.78, 5) is 22.0. The van der Waals surface area contributed by atoms with Crippen LogP contribution in [0.1, 0.15) is 25.2 Å². The van der Waals surface area contributed by atoms with Crippen molar-refractivity contribution in [2.75, 3.05) is 0 Å². The lowest BCUT2D eigenvalue weighted by Crippen LogP contribution is -2.40. The Bertz CT molecular complexity index is 749. The fraction of sp³-hybridized carbons (Fsp3) is 0.200. The van der Waals surface area contributed by atoms with Gasteiger partial charge in [0.1, 0.15) is 10.6 Å². The van der Waals surface area contributed by atoms with E-state index in [-0.39, 0.29) is 11.5 Å². The van der Waals surface area contributed by atoms with Crippen LogP contribution in [0.2, 0.25) is 0 Å². The standard InChI is InChI=1S/C15H15N3O5/c1-10(12-8-9-13(23-12)18(21)22)16-17-14(19)15(2,20)11-6-4-3-5-7-11/h3-9,20H,1-2H3,(H,17,19)/b16-10+/t15-/m0/s1. The molecule has 0 aliphatic rings. The van der Waals surface area contributed by atoms with Crippen LogP contribution in [0.5, 0.6) is 0 Å². The average Bonchev–Trinajstić information content (AvgIpc) is 3.03. The van der Waals surface area contributed by atoms with Crippen LogP contribution in [0.3, 0.4) is 0 Å². The minimum absolute atomic E-state index is 0.149. The second-order valence-electron chi connectivity index (χ2n) is 4.97. The second-order valence-corrected chi connectivity index (χ2v) is 4.97. The van der Waals surface area contributed by atoms with Gasteiger partial charge in [-0.15, -0.1) is 0 Å². The molecule has 23 heavy (non-hydrogen) atoms. The van der Waals surface area contributed by atoms with Crippen molar-refractivity contribution in [2.45, 2.75) is 19.4 Å². The number of hydrazone groups is 1. The van der Waals surface area contributed by atoms with Gasteiger partial charge in [-0.25, -0.2) is 5.43 Å². The van der Waals surface area contributed by atoms with Crippen LogP contribution in [-0.4, -0.2) is 21.6 Å². The molecule has 1 aromatic heterocycles. The monoisotopic (exact) mass is 317 g/mol. The quantitative estimate of drug-likeness (QED) is 0.496. The highest BCUT2D eigenvalue weighted by Crippen LogP contribution is 2.20. The maximum Gasteiger partial charge on any atom is 0.433 e. The van der Waals surface area contributed by atoms with Gasteiger partial charge in [0.05, 0.1) is 6.07 Å². The molecular formula is C15H15N3O5. The first-order valence-electron chi connectivity index (χ1n) is 6.69. The molecule has 120 valence electrons. The number of carbonyl (C=O) groups excluding carboxylic acids is 1. The summed E-state index contributed by atoms with van der Waals surface area (Å²) in [6.07, 6.45) is 0. The Morgan fingerprint density at radius 2 is 1.96 bits per heavy atom. The lowest BCUT2D eigenvalue weighted by Gasteiger charge is -2.21. The Labute approximate surface area is 131 Å². The highest BCUT2D eigenvalue weighted by Gasteiger charge is 2.32. The summed E-state index contributed by atoms with van der Waals surface area (Å²) >= 11 is 0. The van der Waals surface area contributed by atoms with E-state index in [1.54, 1.807) is 30.3 Å².